The lowest BCUT2D eigenvalue weighted by Crippen LogP contribution is -2.26. The highest BCUT2D eigenvalue weighted by molar-refractivity contribution is 6.33. The van der Waals surface area contributed by atoms with Crippen LogP contribution in [0.5, 0.6) is 11.5 Å². The van der Waals surface area contributed by atoms with Gasteiger partial charge in [-0.2, -0.15) is 0 Å². The van der Waals surface area contributed by atoms with E-state index in [0.29, 0.717) is 25.9 Å². The average Bonchev–Trinajstić information content (AvgIpc) is 2.38. The molecule has 0 aromatic heterocycles. The molecule has 0 saturated carbocycles. The van der Waals surface area contributed by atoms with Crippen LogP contribution >= 0.6 is 0 Å². The zero-order chi connectivity index (χ0) is 13.8. The summed E-state index contributed by atoms with van der Waals surface area (Å²) in [4.78, 5) is 22.3. The predicted octanol–water partition coefficient (Wildman–Crippen LogP) is 1.68. The van der Waals surface area contributed by atoms with Gasteiger partial charge in [0.25, 0.3) is 0 Å². The maximum atomic E-state index is 11.5. The topological polar surface area (TPSA) is 72.8 Å². The van der Waals surface area contributed by atoms with E-state index in [9.17, 15) is 9.59 Å². The Labute approximate surface area is 111 Å². The maximum Gasteiger partial charge on any atom is 0.372 e. The number of hydrogen-bond acceptors (Lipinski definition) is 4. The number of methoxy groups -OCH3 is 1. The minimum absolute atomic E-state index is 0.350. The first-order valence-electron chi connectivity index (χ1n) is 6.18. The SMILES string of the molecule is COc1ccc2c(c1)CCC(C(=O)C(=O)O)CCO2. The highest BCUT2D eigenvalue weighted by Crippen LogP contribution is 2.29. The number of carboxylic acid groups (broad SMARTS) is 1. The molecule has 0 amide bonds. The van der Waals surface area contributed by atoms with Crippen LogP contribution in [0.3, 0.4) is 0 Å². The summed E-state index contributed by atoms with van der Waals surface area (Å²) >= 11 is 0. The number of ether oxygens (including phenoxy) is 2. The van der Waals surface area contributed by atoms with Gasteiger partial charge in [-0.25, -0.2) is 4.79 Å². The molecule has 102 valence electrons. The molecule has 1 heterocycles. The molecular weight excluding hydrogens is 248 g/mol. The van der Waals surface area contributed by atoms with Gasteiger partial charge in [0.2, 0.25) is 5.78 Å². The number of carbonyl (C=O) groups excluding carboxylic acids is 1. The van der Waals surface area contributed by atoms with E-state index in [1.165, 1.54) is 0 Å². The Morgan fingerprint density at radius 2 is 2.16 bits per heavy atom. The second kappa shape index (κ2) is 5.73. The summed E-state index contributed by atoms with van der Waals surface area (Å²) in [6.07, 6.45) is 1.57. The van der Waals surface area contributed by atoms with Crippen LogP contribution < -0.4 is 9.47 Å². The minimum Gasteiger partial charge on any atom is -0.497 e. The van der Waals surface area contributed by atoms with Crippen molar-refractivity contribution in [1.82, 2.24) is 0 Å². The monoisotopic (exact) mass is 264 g/mol. The third kappa shape index (κ3) is 3.05. The van der Waals surface area contributed by atoms with Crippen molar-refractivity contribution in [2.45, 2.75) is 19.3 Å². The summed E-state index contributed by atoms with van der Waals surface area (Å²) in [5.74, 6) is -1.06. The second-order valence-electron chi connectivity index (χ2n) is 4.52. The number of aryl methyl sites for hydroxylation is 1. The van der Waals surface area contributed by atoms with Gasteiger partial charge in [0.15, 0.2) is 0 Å². The van der Waals surface area contributed by atoms with Crippen molar-refractivity contribution in [3.05, 3.63) is 23.8 Å². The van der Waals surface area contributed by atoms with Crippen LogP contribution in [0.2, 0.25) is 0 Å². The fourth-order valence-electron chi connectivity index (χ4n) is 2.24. The average molecular weight is 264 g/mol. The minimum atomic E-state index is -1.36. The molecule has 1 aliphatic heterocycles. The molecule has 0 fully saturated rings. The fourth-order valence-corrected chi connectivity index (χ4v) is 2.24. The zero-order valence-corrected chi connectivity index (χ0v) is 10.7. The lowest BCUT2D eigenvalue weighted by atomic mass is 9.91. The van der Waals surface area contributed by atoms with Gasteiger partial charge in [-0.1, -0.05) is 0 Å². The van der Waals surface area contributed by atoms with E-state index in [-0.39, 0.29) is 0 Å². The number of rotatable bonds is 3. The van der Waals surface area contributed by atoms with Crippen molar-refractivity contribution in [2.75, 3.05) is 13.7 Å². The molecule has 0 bridgehead atoms. The molecule has 1 unspecified atom stereocenters. The summed E-state index contributed by atoms with van der Waals surface area (Å²) in [5, 5.41) is 8.76. The number of ketones is 1. The third-order valence-corrected chi connectivity index (χ3v) is 3.34. The third-order valence-electron chi connectivity index (χ3n) is 3.34. The quantitative estimate of drug-likeness (QED) is 0.841. The molecule has 0 aliphatic carbocycles. The van der Waals surface area contributed by atoms with Gasteiger partial charge < -0.3 is 14.6 Å². The molecule has 0 radical (unpaired) electrons. The summed E-state index contributed by atoms with van der Waals surface area (Å²) in [5.41, 5.74) is 0.947. The van der Waals surface area contributed by atoms with Gasteiger partial charge in [-0.3, -0.25) is 4.79 Å². The van der Waals surface area contributed by atoms with Crippen molar-refractivity contribution in [3.63, 3.8) is 0 Å². The molecule has 5 nitrogen and oxygen atoms in total. The van der Waals surface area contributed by atoms with E-state index >= 15 is 0 Å². The molecule has 2 rings (SSSR count). The number of carbonyl (C=O) groups is 2. The fraction of sp³-hybridized carbons (Fsp3) is 0.429. The van der Waals surface area contributed by atoms with Crippen molar-refractivity contribution in [3.8, 4) is 11.5 Å². The van der Waals surface area contributed by atoms with Crippen molar-refractivity contribution < 1.29 is 24.2 Å². The predicted molar refractivity (Wildman–Crippen MR) is 67.6 cm³/mol. The largest absolute Gasteiger partial charge is 0.497 e. The summed E-state index contributed by atoms with van der Waals surface area (Å²) in [6, 6.07) is 5.52. The number of benzene rings is 1. The van der Waals surface area contributed by atoms with E-state index < -0.39 is 17.7 Å². The van der Waals surface area contributed by atoms with Crippen LogP contribution in [0.1, 0.15) is 18.4 Å². The summed E-state index contributed by atoms with van der Waals surface area (Å²) < 4.78 is 10.7. The Kier molecular flexibility index (Phi) is 4.04. The van der Waals surface area contributed by atoms with Crippen molar-refractivity contribution >= 4 is 11.8 Å². The van der Waals surface area contributed by atoms with E-state index in [4.69, 9.17) is 14.6 Å². The Morgan fingerprint density at radius 3 is 2.84 bits per heavy atom. The molecular formula is C14H16O5. The first-order chi connectivity index (χ1) is 9.11. The van der Waals surface area contributed by atoms with E-state index in [1.54, 1.807) is 7.11 Å². The van der Waals surface area contributed by atoms with Gasteiger partial charge in [-0.15, -0.1) is 0 Å². The molecule has 19 heavy (non-hydrogen) atoms. The smallest absolute Gasteiger partial charge is 0.372 e. The highest BCUT2D eigenvalue weighted by Gasteiger charge is 2.26. The highest BCUT2D eigenvalue weighted by atomic mass is 16.5. The molecule has 1 atom stereocenters. The normalized spacial score (nSPS) is 18.5. The van der Waals surface area contributed by atoms with Gasteiger partial charge in [0.1, 0.15) is 11.5 Å². The first-order valence-corrected chi connectivity index (χ1v) is 6.18. The number of Topliss-reactive ketones (excluding diaryl/α,β-unsaturated/α-hetero) is 1. The van der Waals surface area contributed by atoms with Crippen LogP contribution in [-0.4, -0.2) is 30.6 Å². The number of aliphatic carboxylic acids is 1. The lowest BCUT2D eigenvalue weighted by molar-refractivity contribution is -0.151. The lowest BCUT2D eigenvalue weighted by Gasteiger charge is -2.20. The zero-order valence-electron chi connectivity index (χ0n) is 10.7. The van der Waals surface area contributed by atoms with E-state index in [2.05, 4.69) is 0 Å². The van der Waals surface area contributed by atoms with Crippen LogP contribution in [0.4, 0.5) is 0 Å². The van der Waals surface area contributed by atoms with Gasteiger partial charge in [0.05, 0.1) is 13.7 Å². The second-order valence-corrected chi connectivity index (χ2v) is 4.52. The van der Waals surface area contributed by atoms with Crippen LogP contribution in [0.25, 0.3) is 0 Å². The first kappa shape index (κ1) is 13.4. The van der Waals surface area contributed by atoms with Crippen molar-refractivity contribution in [1.29, 1.82) is 0 Å². The summed E-state index contributed by atoms with van der Waals surface area (Å²) in [7, 11) is 1.59. The Hall–Kier alpha value is -2.04. The van der Waals surface area contributed by atoms with Gasteiger partial charge in [-0.05, 0) is 43.0 Å². The Morgan fingerprint density at radius 1 is 1.37 bits per heavy atom. The van der Waals surface area contributed by atoms with Crippen LogP contribution in [0.15, 0.2) is 18.2 Å². The molecule has 1 aliphatic rings. The van der Waals surface area contributed by atoms with E-state index in [0.717, 1.165) is 17.1 Å². The number of hydrogen-bond donors (Lipinski definition) is 1. The standard InChI is InChI=1S/C14H16O5/c1-18-11-4-5-12-10(8-11)3-2-9(6-7-19-12)13(15)14(16)17/h4-5,8-9H,2-3,6-7H2,1H3,(H,16,17). The molecule has 0 saturated heterocycles. The summed E-state index contributed by atoms with van der Waals surface area (Å²) in [6.45, 7) is 0.350. The molecule has 0 spiro atoms. The number of carboxylic acids is 1. The Bertz CT molecular complexity index is 495. The molecule has 1 aromatic carbocycles. The maximum absolute atomic E-state index is 11.5. The van der Waals surface area contributed by atoms with Gasteiger partial charge >= 0.3 is 5.97 Å². The number of fused-ring (bicyclic) bond motifs is 1. The molecule has 5 heteroatoms. The van der Waals surface area contributed by atoms with Gasteiger partial charge in [0, 0.05) is 5.92 Å². The van der Waals surface area contributed by atoms with E-state index in [1.807, 2.05) is 18.2 Å². The Balaban J connectivity index is 2.16. The van der Waals surface area contributed by atoms with Crippen LogP contribution in [-0.2, 0) is 16.0 Å². The molecule has 1 N–H and O–H groups in total. The van der Waals surface area contributed by atoms with Crippen LogP contribution in [0, 0.1) is 5.92 Å². The van der Waals surface area contributed by atoms with Crippen molar-refractivity contribution in [2.24, 2.45) is 5.92 Å². The molecule has 1 aromatic rings.